The summed E-state index contributed by atoms with van der Waals surface area (Å²) in [5.74, 6) is -1.69. The first kappa shape index (κ1) is 14.9. The van der Waals surface area contributed by atoms with Crippen LogP contribution in [0.5, 0.6) is 0 Å². The van der Waals surface area contributed by atoms with E-state index in [4.69, 9.17) is 5.11 Å². The topological polar surface area (TPSA) is 108 Å². The lowest BCUT2D eigenvalue weighted by Crippen LogP contribution is -2.45. The number of carbonyl (C=O) groups excluding carboxylic acids is 2. The smallest absolute Gasteiger partial charge is 0.322 e. The summed E-state index contributed by atoms with van der Waals surface area (Å²) >= 11 is 0. The number of rotatable bonds is 7. The molecule has 0 aliphatic carbocycles. The van der Waals surface area contributed by atoms with Crippen molar-refractivity contribution in [2.75, 3.05) is 13.1 Å². The number of urea groups is 1. The standard InChI is InChI=1S/C10H17N3O4/c1-3-4-7(2)13-10(17)12-5-8(14)11-6-9(15)16/h3,7H,1,4-6H2,2H3,(H,11,14)(H,15,16)(H2,12,13,17). The van der Waals surface area contributed by atoms with Gasteiger partial charge in [0.25, 0.3) is 0 Å². The van der Waals surface area contributed by atoms with Crippen molar-refractivity contribution in [3.63, 3.8) is 0 Å². The molecule has 0 aromatic rings. The number of hydrogen-bond donors (Lipinski definition) is 4. The van der Waals surface area contributed by atoms with E-state index in [0.29, 0.717) is 6.42 Å². The monoisotopic (exact) mass is 243 g/mol. The summed E-state index contributed by atoms with van der Waals surface area (Å²) in [6.07, 6.45) is 2.29. The van der Waals surface area contributed by atoms with Gasteiger partial charge in [-0.25, -0.2) is 4.79 Å². The van der Waals surface area contributed by atoms with E-state index in [1.54, 1.807) is 13.0 Å². The molecule has 0 radical (unpaired) electrons. The normalized spacial score (nSPS) is 11.1. The Bertz CT molecular complexity index is 304. The molecule has 96 valence electrons. The van der Waals surface area contributed by atoms with Gasteiger partial charge < -0.3 is 21.1 Å². The predicted molar refractivity (Wildman–Crippen MR) is 61.5 cm³/mol. The van der Waals surface area contributed by atoms with Crippen LogP contribution in [0.15, 0.2) is 12.7 Å². The Labute approximate surface area is 99.3 Å². The van der Waals surface area contributed by atoms with E-state index in [-0.39, 0.29) is 12.6 Å². The molecule has 0 saturated carbocycles. The van der Waals surface area contributed by atoms with Crippen molar-refractivity contribution in [2.45, 2.75) is 19.4 Å². The zero-order valence-electron chi connectivity index (χ0n) is 9.66. The van der Waals surface area contributed by atoms with Crippen molar-refractivity contribution in [3.8, 4) is 0 Å². The van der Waals surface area contributed by atoms with E-state index < -0.39 is 24.5 Å². The highest BCUT2D eigenvalue weighted by molar-refractivity contribution is 5.86. The Morgan fingerprint density at radius 3 is 2.47 bits per heavy atom. The van der Waals surface area contributed by atoms with Gasteiger partial charge in [-0.2, -0.15) is 0 Å². The molecule has 7 nitrogen and oxygen atoms in total. The Kier molecular flexibility index (Phi) is 7.16. The van der Waals surface area contributed by atoms with Crippen LogP contribution in [0.3, 0.4) is 0 Å². The van der Waals surface area contributed by atoms with E-state index >= 15 is 0 Å². The zero-order chi connectivity index (χ0) is 13.3. The minimum Gasteiger partial charge on any atom is -0.480 e. The fourth-order valence-electron chi connectivity index (χ4n) is 0.981. The molecular formula is C10H17N3O4. The van der Waals surface area contributed by atoms with Gasteiger partial charge in [-0.3, -0.25) is 9.59 Å². The second kappa shape index (κ2) is 8.14. The number of carboxylic acid groups (broad SMARTS) is 1. The third kappa shape index (κ3) is 8.91. The Morgan fingerprint density at radius 2 is 1.94 bits per heavy atom. The molecule has 0 rings (SSSR count). The fraction of sp³-hybridized carbons (Fsp3) is 0.500. The molecule has 0 aliphatic heterocycles. The second-order valence-corrected chi connectivity index (χ2v) is 3.42. The molecule has 1 unspecified atom stereocenters. The number of carboxylic acids is 1. The zero-order valence-corrected chi connectivity index (χ0v) is 9.66. The average Bonchev–Trinajstić information content (AvgIpc) is 2.23. The van der Waals surface area contributed by atoms with Crippen molar-refractivity contribution >= 4 is 17.9 Å². The number of carbonyl (C=O) groups is 3. The maximum absolute atomic E-state index is 11.2. The van der Waals surface area contributed by atoms with E-state index in [2.05, 4.69) is 22.5 Å². The molecule has 0 heterocycles. The highest BCUT2D eigenvalue weighted by atomic mass is 16.4. The number of nitrogens with one attached hydrogen (secondary N) is 3. The minimum absolute atomic E-state index is 0.0745. The lowest BCUT2D eigenvalue weighted by Gasteiger charge is -2.12. The van der Waals surface area contributed by atoms with Crippen LogP contribution in [0.2, 0.25) is 0 Å². The van der Waals surface area contributed by atoms with E-state index in [1.165, 1.54) is 0 Å². The summed E-state index contributed by atoms with van der Waals surface area (Å²) in [4.78, 5) is 32.4. The summed E-state index contributed by atoms with van der Waals surface area (Å²) in [6, 6.07) is -0.556. The molecule has 1 atom stereocenters. The lowest BCUT2D eigenvalue weighted by molar-refractivity contribution is -0.137. The lowest BCUT2D eigenvalue weighted by atomic mass is 10.2. The molecule has 0 saturated heterocycles. The van der Waals surface area contributed by atoms with Gasteiger partial charge in [0.1, 0.15) is 6.54 Å². The molecule has 17 heavy (non-hydrogen) atoms. The summed E-state index contributed by atoms with van der Waals surface area (Å²) in [7, 11) is 0. The molecule has 4 N–H and O–H groups in total. The Hall–Kier alpha value is -2.05. The van der Waals surface area contributed by atoms with E-state index in [1.807, 2.05) is 0 Å². The van der Waals surface area contributed by atoms with Crippen LogP contribution in [-0.4, -0.2) is 42.1 Å². The van der Waals surface area contributed by atoms with Crippen molar-refractivity contribution in [2.24, 2.45) is 0 Å². The largest absolute Gasteiger partial charge is 0.480 e. The summed E-state index contributed by atoms with van der Waals surface area (Å²) in [6.45, 7) is 4.60. The molecule has 0 aromatic carbocycles. The van der Waals surface area contributed by atoms with Gasteiger partial charge in [-0.05, 0) is 13.3 Å². The maximum Gasteiger partial charge on any atom is 0.322 e. The highest BCUT2D eigenvalue weighted by Gasteiger charge is 2.08. The molecule has 0 fully saturated rings. The van der Waals surface area contributed by atoms with E-state index in [9.17, 15) is 14.4 Å². The molecule has 3 amide bonds. The van der Waals surface area contributed by atoms with Gasteiger partial charge in [0.2, 0.25) is 5.91 Å². The minimum atomic E-state index is -1.14. The van der Waals surface area contributed by atoms with Gasteiger partial charge in [0.05, 0.1) is 6.54 Å². The van der Waals surface area contributed by atoms with Crippen LogP contribution < -0.4 is 16.0 Å². The first-order chi connectivity index (χ1) is 7.95. The van der Waals surface area contributed by atoms with Gasteiger partial charge in [-0.15, -0.1) is 6.58 Å². The van der Waals surface area contributed by atoms with Crippen LogP contribution in [0.25, 0.3) is 0 Å². The molecule has 7 heteroatoms. The number of hydrogen-bond acceptors (Lipinski definition) is 3. The van der Waals surface area contributed by atoms with Crippen LogP contribution in [0.1, 0.15) is 13.3 Å². The molecule has 0 aliphatic rings. The first-order valence-electron chi connectivity index (χ1n) is 5.09. The van der Waals surface area contributed by atoms with Crippen LogP contribution >= 0.6 is 0 Å². The second-order valence-electron chi connectivity index (χ2n) is 3.42. The predicted octanol–water partition coefficient (Wildman–Crippen LogP) is -0.549. The van der Waals surface area contributed by atoms with Crippen molar-refractivity contribution in [1.82, 2.24) is 16.0 Å². The average molecular weight is 243 g/mol. The van der Waals surface area contributed by atoms with Crippen LogP contribution in [-0.2, 0) is 9.59 Å². The number of aliphatic carboxylic acids is 1. The van der Waals surface area contributed by atoms with Crippen molar-refractivity contribution < 1.29 is 19.5 Å². The van der Waals surface area contributed by atoms with Crippen molar-refractivity contribution in [3.05, 3.63) is 12.7 Å². The summed E-state index contributed by atoms with van der Waals surface area (Å²) in [5.41, 5.74) is 0. The van der Waals surface area contributed by atoms with Crippen LogP contribution in [0.4, 0.5) is 4.79 Å². The maximum atomic E-state index is 11.2. The summed E-state index contributed by atoms with van der Waals surface area (Å²) < 4.78 is 0. The summed E-state index contributed by atoms with van der Waals surface area (Å²) in [5, 5.41) is 15.3. The molecule has 0 aromatic heterocycles. The molecule has 0 bridgehead atoms. The Morgan fingerprint density at radius 1 is 1.29 bits per heavy atom. The van der Waals surface area contributed by atoms with Gasteiger partial charge in [-0.1, -0.05) is 6.08 Å². The van der Waals surface area contributed by atoms with Gasteiger partial charge >= 0.3 is 12.0 Å². The third-order valence-corrected chi connectivity index (χ3v) is 1.74. The van der Waals surface area contributed by atoms with Gasteiger partial charge in [0.15, 0.2) is 0 Å². The van der Waals surface area contributed by atoms with Gasteiger partial charge in [0, 0.05) is 6.04 Å². The molecule has 0 spiro atoms. The van der Waals surface area contributed by atoms with E-state index in [0.717, 1.165) is 0 Å². The third-order valence-electron chi connectivity index (χ3n) is 1.74. The van der Waals surface area contributed by atoms with Crippen molar-refractivity contribution in [1.29, 1.82) is 0 Å². The fourth-order valence-corrected chi connectivity index (χ4v) is 0.981. The first-order valence-corrected chi connectivity index (χ1v) is 5.09. The Balaban J connectivity index is 3.72. The SMILES string of the molecule is C=CCC(C)NC(=O)NCC(=O)NCC(=O)O. The highest BCUT2D eigenvalue weighted by Crippen LogP contribution is 1.89. The van der Waals surface area contributed by atoms with Crippen LogP contribution in [0, 0.1) is 0 Å². The quantitative estimate of drug-likeness (QED) is 0.450. The molecular weight excluding hydrogens is 226 g/mol. The number of amides is 3.